The molecule has 0 aliphatic rings. The molecule has 9 heteroatoms. The van der Waals surface area contributed by atoms with Crippen LogP contribution in [0.15, 0.2) is 83.8 Å². The first-order valence-electron chi connectivity index (χ1n) is 9.92. The van der Waals surface area contributed by atoms with Gasteiger partial charge < -0.3 is 5.32 Å². The number of benzene rings is 3. The molecule has 0 saturated heterocycles. The van der Waals surface area contributed by atoms with Gasteiger partial charge in [-0.05, 0) is 35.7 Å². The summed E-state index contributed by atoms with van der Waals surface area (Å²) < 4.78 is 27.8. The number of nitro groups is 1. The first kappa shape index (κ1) is 23.0. The number of nitro benzene ring substituents is 1. The number of hydrogen-bond donors (Lipinski definition) is 1. The number of nitrogens with one attached hydrogen (secondary N) is 1. The number of sulfonamides is 1. The molecule has 0 fully saturated rings. The zero-order valence-electron chi connectivity index (χ0n) is 17.6. The molecule has 0 unspecified atom stereocenters. The third-order valence-electron chi connectivity index (χ3n) is 4.82. The van der Waals surface area contributed by atoms with Crippen LogP contribution in [0.25, 0.3) is 0 Å². The Balaban J connectivity index is 2.00. The largest absolute Gasteiger partial charge is 0.324 e. The van der Waals surface area contributed by atoms with Crippen molar-refractivity contribution in [3.63, 3.8) is 0 Å². The van der Waals surface area contributed by atoms with Gasteiger partial charge in [0.25, 0.3) is 15.7 Å². The standard InChI is InChI=1S/C23H23N3O5S/c1-17(2)19-12-6-7-13-20(19)24-23(27)16-25(18-10-4-3-5-11-18)32(30,31)22-15-9-8-14-21(22)26(28)29/h3-15,17H,16H2,1-2H3,(H,24,27). The maximum Gasteiger partial charge on any atom is 0.289 e. The second-order valence-corrected chi connectivity index (χ2v) is 9.19. The van der Waals surface area contributed by atoms with Gasteiger partial charge in [0.1, 0.15) is 6.54 Å². The molecule has 0 atom stereocenters. The molecule has 8 nitrogen and oxygen atoms in total. The maximum atomic E-state index is 13.5. The van der Waals surface area contributed by atoms with Gasteiger partial charge in [-0.1, -0.05) is 62.4 Å². The number of carbonyl (C=O) groups excluding carboxylic acids is 1. The van der Waals surface area contributed by atoms with E-state index >= 15 is 0 Å². The van der Waals surface area contributed by atoms with Crippen molar-refractivity contribution in [2.45, 2.75) is 24.7 Å². The van der Waals surface area contributed by atoms with Gasteiger partial charge in [0.05, 0.1) is 10.6 Å². The number of para-hydroxylation sites is 3. The van der Waals surface area contributed by atoms with Gasteiger partial charge in [-0.3, -0.25) is 19.2 Å². The Hall–Kier alpha value is -3.72. The molecule has 0 saturated carbocycles. The average Bonchev–Trinajstić information content (AvgIpc) is 2.78. The highest BCUT2D eigenvalue weighted by Gasteiger charge is 2.33. The van der Waals surface area contributed by atoms with Gasteiger partial charge in [0, 0.05) is 11.8 Å². The van der Waals surface area contributed by atoms with Crippen LogP contribution in [0, 0.1) is 10.1 Å². The van der Waals surface area contributed by atoms with Crippen LogP contribution in [0.2, 0.25) is 0 Å². The van der Waals surface area contributed by atoms with Gasteiger partial charge in [-0.25, -0.2) is 8.42 Å². The molecule has 1 amide bonds. The van der Waals surface area contributed by atoms with E-state index in [2.05, 4.69) is 5.32 Å². The Morgan fingerprint density at radius 3 is 2.22 bits per heavy atom. The molecule has 1 N–H and O–H groups in total. The summed E-state index contributed by atoms with van der Waals surface area (Å²) in [6.45, 7) is 3.42. The molecule has 166 valence electrons. The van der Waals surface area contributed by atoms with Gasteiger partial charge in [-0.15, -0.1) is 0 Å². The highest BCUT2D eigenvalue weighted by molar-refractivity contribution is 7.93. The Labute approximate surface area is 186 Å². The smallest absolute Gasteiger partial charge is 0.289 e. The van der Waals surface area contributed by atoms with Crippen LogP contribution in [0.4, 0.5) is 17.1 Å². The molecule has 0 spiro atoms. The summed E-state index contributed by atoms with van der Waals surface area (Å²) in [4.78, 5) is 23.1. The van der Waals surface area contributed by atoms with Crippen molar-refractivity contribution in [1.29, 1.82) is 0 Å². The third-order valence-corrected chi connectivity index (χ3v) is 6.64. The molecular weight excluding hydrogens is 430 g/mol. The van der Waals surface area contributed by atoms with Crippen molar-refractivity contribution in [1.82, 2.24) is 0 Å². The number of carbonyl (C=O) groups is 1. The lowest BCUT2D eigenvalue weighted by molar-refractivity contribution is -0.387. The summed E-state index contributed by atoms with van der Waals surface area (Å²) in [5.74, 6) is -0.420. The number of anilines is 2. The SMILES string of the molecule is CC(C)c1ccccc1NC(=O)CN(c1ccccc1)S(=O)(=O)c1ccccc1[N+](=O)[O-]. The Kier molecular flexibility index (Phi) is 6.89. The van der Waals surface area contributed by atoms with Crippen LogP contribution < -0.4 is 9.62 Å². The zero-order chi connectivity index (χ0) is 23.3. The van der Waals surface area contributed by atoms with E-state index in [-0.39, 0.29) is 11.6 Å². The van der Waals surface area contributed by atoms with Gasteiger partial charge in [0.15, 0.2) is 4.90 Å². The normalized spacial score (nSPS) is 11.2. The van der Waals surface area contributed by atoms with Crippen LogP contribution in [-0.2, 0) is 14.8 Å². The summed E-state index contributed by atoms with van der Waals surface area (Å²) in [5, 5.41) is 14.2. The van der Waals surface area contributed by atoms with E-state index in [9.17, 15) is 23.3 Å². The summed E-state index contributed by atoms with van der Waals surface area (Å²) in [7, 11) is -4.41. The molecule has 0 radical (unpaired) electrons. The van der Waals surface area contributed by atoms with Crippen LogP contribution in [0.1, 0.15) is 25.3 Å². The fraction of sp³-hybridized carbons (Fsp3) is 0.174. The van der Waals surface area contributed by atoms with Crippen molar-refractivity contribution >= 4 is 33.0 Å². The van der Waals surface area contributed by atoms with Crippen LogP contribution in [-0.4, -0.2) is 25.8 Å². The monoisotopic (exact) mass is 453 g/mol. The van der Waals surface area contributed by atoms with Gasteiger partial charge in [0.2, 0.25) is 5.91 Å². The molecule has 3 aromatic carbocycles. The van der Waals surface area contributed by atoms with E-state index in [0.717, 1.165) is 22.0 Å². The summed E-state index contributed by atoms with van der Waals surface area (Å²) in [6, 6.07) is 20.4. The second kappa shape index (κ2) is 9.61. The number of rotatable bonds is 8. The third kappa shape index (κ3) is 4.94. The second-order valence-electron chi connectivity index (χ2n) is 7.36. The number of nitrogens with zero attached hydrogens (tertiary/aromatic N) is 2. The lowest BCUT2D eigenvalue weighted by Gasteiger charge is -2.24. The summed E-state index contributed by atoms with van der Waals surface area (Å²) in [5.41, 5.74) is 1.16. The van der Waals surface area contributed by atoms with Gasteiger partial charge >= 0.3 is 0 Å². The molecule has 0 bridgehead atoms. The highest BCUT2D eigenvalue weighted by Crippen LogP contribution is 2.30. The summed E-state index contributed by atoms with van der Waals surface area (Å²) in [6.07, 6.45) is 0. The van der Waals surface area contributed by atoms with Crippen molar-refractivity contribution in [2.24, 2.45) is 0 Å². The van der Waals surface area contributed by atoms with Crippen LogP contribution in [0.5, 0.6) is 0 Å². The van der Waals surface area contributed by atoms with E-state index in [1.54, 1.807) is 30.3 Å². The maximum absolute atomic E-state index is 13.5. The van der Waals surface area contributed by atoms with E-state index in [4.69, 9.17) is 0 Å². The van der Waals surface area contributed by atoms with Gasteiger partial charge in [-0.2, -0.15) is 0 Å². The topological polar surface area (TPSA) is 110 Å². The van der Waals surface area contributed by atoms with Crippen molar-refractivity contribution in [3.05, 3.63) is 94.5 Å². The molecule has 3 aromatic rings. The predicted octanol–water partition coefficient (Wildman–Crippen LogP) is 4.55. The van der Waals surface area contributed by atoms with Crippen molar-refractivity contribution < 1.29 is 18.1 Å². The number of hydrogen-bond acceptors (Lipinski definition) is 5. The minimum atomic E-state index is -4.41. The molecule has 0 heterocycles. The predicted molar refractivity (Wildman–Crippen MR) is 123 cm³/mol. The molecule has 0 aliphatic heterocycles. The van der Waals surface area contributed by atoms with Crippen molar-refractivity contribution in [3.8, 4) is 0 Å². The first-order valence-corrected chi connectivity index (χ1v) is 11.4. The molecule has 32 heavy (non-hydrogen) atoms. The van der Waals surface area contributed by atoms with E-state index < -0.39 is 38.0 Å². The highest BCUT2D eigenvalue weighted by atomic mass is 32.2. The van der Waals surface area contributed by atoms with E-state index in [0.29, 0.717) is 5.69 Å². The Bertz CT molecular complexity index is 1230. The first-order chi connectivity index (χ1) is 15.2. The van der Waals surface area contributed by atoms with Crippen LogP contribution in [0.3, 0.4) is 0 Å². The molecular formula is C23H23N3O5S. The van der Waals surface area contributed by atoms with Crippen LogP contribution >= 0.6 is 0 Å². The van der Waals surface area contributed by atoms with Crippen molar-refractivity contribution in [2.75, 3.05) is 16.2 Å². The Morgan fingerprint density at radius 1 is 0.969 bits per heavy atom. The zero-order valence-corrected chi connectivity index (χ0v) is 18.5. The quantitative estimate of drug-likeness (QED) is 0.397. The fourth-order valence-corrected chi connectivity index (χ4v) is 4.87. The summed E-state index contributed by atoms with van der Waals surface area (Å²) >= 11 is 0. The molecule has 3 rings (SSSR count). The fourth-order valence-electron chi connectivity index (χ4n) is 3.29. The Morgan fingerprint density at radius 2 is 1.56 bits per heavy atom. The minimum Gasteiger partial charge on any atom is -0.324 e. The van der Waals surface area contributed by atoms with E-state index in [1.165, 1.54) is 24.3 Å². The number of amides is 1. The minimum absolute atomic E-state index is 0.146. The molecule has 0 aromatic heterocycles. The van der Waals surface area contributed by atoms with E-state index in [1.807, 2.05) is 26.0 Å². The lowest BCUT2D eigenvalue weighted by Crippen LogP contribution is -2.38. The lowest BCUT2D eigenvalue weighted by atomic mass is 10.0. The average molecular weight is 454 g/mol. The molecule has 0 aliphatic carbocycles.